The molecule has 0 saturated heterocycles. The van der Waals surface area contributed by atoms with Crippen molar-refractivity contribution in [1.29, 1.82) is 0 Å². The first-order valence-electron chi connectivity index (χ1n) is 7.45. The van der Waals surface area contributed by atoms with E-state index < -0.39 is 0 Å². The molecule has 0 saturated carbocycles. The quantitative estimate of drug-likeness (QED) is 0.473. The highest BCUT2D eigenvalue weighted by Crippen LogP contribution is 2.22. The number of carbonyl (C=O) groups is 1. The fourth-order valence-corrected chi connectivity index (χ4v) is 3.21. The van der Waals surface area contributed by atoms with Crippen molar-refractivity contribution in [2.75, 3.05) is 20.8 Å². The summed E-state index contributed by atoms with van der Waals surface area (Å²) >= 11 is 1.29. The molecule has 6 nitrogen and oxygen atoms in total. The largest absolute Gasteiger partial charge is 0.385 e. The van der Waals surface area contributed by atoms with Crippen LogP contribution in [0.15, 0.2) is 34.2 Å². The van der Waals surface area contributed by atoms with Gasteiger partial charge in [0.2, 0.25) is 5.91 Å². The molecule has 7 heteroatoms. The Morgan fingerprint density at radius 3 is 2.87 bits per heavy atom. The zero-order chi connectivity index (χ0) is 16.8. The number of carbonyl (C=O) groups excluding carboxylic acids is 1. The van der Waals surface area contributed by atoms with Crippen LogP contribution in [-0.2, 0) is 16.1 Å². The van der Waals surface area contributed by atoms with Crippen molar-refractivity contribution in [3.8, 4) is 0 Å². The number of thioether (sulfide) groups is 1. The third-order valence-corrected chi connectivity index (χ3v) is 4.54. The number of ether oxygens (including phenoxy) is 1. The van der Waals surface area contributed by atoms with E-state index in [2.05, 4.69) is 10.3 Å². The van der Waals surface area contributed by atoms with Gasteiger partial charge in [-0.25, -0.2) is 4.98 Å². The molecule has 0 bridgehead atoms. The first-order chi connectivity index (χ1) is 11.1. The van der Waals surface area contributed by atoms with Crippen LogP contribution in [0.3, 0.4) is 0 Å². The van der Waals surface area contributed by atoms with Gasteiger partial charge in [0.1, 0.15) is 0 Å². The molecule has 2 aromatic rings. The van der Waals surface area contributed by atoms with E-state index in [1.165, 1.54) is 11.8 Å². The molecule has 0 fully saturated rings. The van der Waals surface area contributed by atoms with Gasteiger partial charge < -0.3 is 10.1 Å². The molecular weight excluding hydrogens is 314 g/mol. The lowest BCUT2D eigenvalue weighted by molar-refractivity contribution is -0.119. The second-order valence-electron chi connectivity index (χ2n) is 5.09. The monoisotopic (exact) mass is 335 g/mol. The molecule has 1 atom stereocenters. The SMILES string of the molecule is CNC(=O)C(C)Sc1nc2ccccc2c(=O)n1CCCOC. The van der Waals surface area contributed by atoms with E-state index in [0.717, 1.165) is 0 Å². The van der Waals surface area contributed by atoms with Gasteiger partial charge in [0, 0.05) is 27.3 Å². The normalized spacial score (nSPS) is 12.3. The van der Waals surface area contributed by atoms with Crippen molar-refractivity contribution in [2.45, 2.75) is 30.3 Å². The van der Waals surface area contributed by atoms with E-state index in [4.69, 9.17) is 4.74 Å². The fourth-order valence-electron chi connectivity index (χ4n) is 2.22. The number of nitrogens with one attached hydrogen (secondary N) is 1. The van der Waals surface area contributed by atoms with E-state index in [9.17, 15) is 9.59 Å². The number of hydrogen-bond donors (Lipinski definition) is 1. The highest BCUT2D eigenvalue weighted by atomic mass is 32.2. The third-order valence-electron chi connectivity index (χ3n) is 3.45. The van der Waals surface area contributed by atoms with E-state index in [1.807, 2.05) is 18.2 Å². The van der Waals surface area contributed by atoms with Crippen LogP contribution in [0.2, 0.25) is 0 Å². The minimum absolute atomic E-state index is 0.0849. The lowest BCUT2D eigenvalue weighted by Gasteiger charge is -2.15. The Hall–Kier alpha value is -1.86. The van der Waals surface area contributed by atoms with Gasteiger partial charge in [0.05, 0.1) is 16.2 Å². The second-order valence-corrected chi connectivity index (χ2v) is 6.40. The Bertz CT molecular complexity index is 745. The molecule has 1 aromatic heterocycles. The van der Waals surface area contributed by atoms with E-state index >= 15 is 0 Å². The highest BCUT2D eigenvalue weighted by molar-refractivity contribution is 8.00. The Morgan fingerprint density at radius 1 is 1.43 bits per heavy atom. The van der Waals surface area contributed by atoms with Gasteiger partial charge >= 0.3 is 0 Å². The molecule has 0 aliphatic heterocycles. The molecule has 0 radical (unpaired) electrons. The van der Waals surface area contributed by atoms with Crippen LogP contribution in [0.4, 0.5) is 0 Å². The maximum atomic E-state index is 12.7. The van der Waals surface area contributed by atoms with E-state index in [0.29, 0.717) is 35.6 Å². The zero-order valence-electron chi connectivity index (χ0n) is 13.5. The minimum atomic E-state index is -0.332. The summed E-state index contributed by atoms with van der Waals surface area (Å²) < 4.78 is 6.69. The number of amides is 1. The van der Waals surface area contributed by atoms with Gasteiger partial charge in [0.15, 0.2) is 5.16 Å². The summed E-state index contributed by atoms with van der Waals surface area (Å²) in [7, 11) is 3.23. The van der Waals surface area contributed by atoms with Crippen molar-refractivity contribution in [2.24, 2.45) is 0 Å². The predicted octanol–water partition coefficient (Wildman–Crippen LogP) is 1.66. The molecule has 1 unspecified atom stereocenters. The average molecular weight is 335 g/mol. The van der Waals surface area contributed by atoms with Crippen LogP contribution < -0.4 is 10.9 Å². The molecule has 2 rings (SSSR count). The molecule has 0 spiro atoms. The minimum Gasteiger partial charge on any atom is -0.385 e. The number of aromatic nitrogens is 2. The summed E-state index contributed by atoms with van der Waals surface area (Å²) in [5.74, 6) is -0.0964. The molecule has 0 aliphatic rings. The smallest absolute Gasteiger partial charge is 0.262 e. The Labute approximate surface area is 139 Å². The first kappa shape index (κ1) is 17.5. The lowest BCUT2D eigenvalue weighted by atomic mass is 10.2. The van der Waals surface area contributed by atoms with Gasteiger partial charge in [0.25, 0.3) is 5.56 Å². The Morgan fingerprint density at radius 2 is 2.17 bits per heavy atom. The fraction of sp³-hybridized carbons (Fsp3) is 0.438. The predicted molar refractivity (Wildman–Crippen MR) is 91.9 cm³/mol. The number of hydrogen-bond acceptors (Lipinski definition) is 5. The topological polar surface area (TPSA) is 73.2 Å². The molecule has 1 heterocycles. The third kappa shape index (κ3) is 4.11. The first-order valence-corrected chi connectivity index (χ1v) is 8.33. The van der Waals surface area contributed by atoms with Crippen molar-refractivity contribution in [3.63, 3.8) is 0 Å². The summed E-state index contributed by atoms with van der Waals surface area (Å²) in [6, 6.07) is 7.25. The van der Waals surface area contributed by atoms with Gasteiger partial charge in [-0.2, -0.15) is 0 Å². The Balaban J connectivity index is 2.44. The van der Waals surface area contributed by atoms with E-state index in [-0.39, 0.29) is 16.7 Å². The summed E-state index contributed by atoms with van der Waals surface area (Å²) in [5.41, 5.74) is 0.561. The number of fused-ring (bicyclic) bond motifs is 1. The summed E-state index contributed by atoms with van der Waals surface area (Å²) in [6.07, 6.45) is 0.707. The van der Waals surface area contributed by atoms with Gasteiger partial charge in [-0.3, -0.25) is 14.2 Å². The number of rotatable bonds is 7. The second kappa shape index (κ2) is 8.12. The van der Waals surface area contributed by atoms with Gasteiger partial charge in [-0.1, -0.05) is 23.9 Å². The van der Waals surface area contributed by atoms with Crippen LogP contribution in [-0.4, -0.2) is 41.5 Å². The maximum absolute atomic E-state index is 12.7. The Kier molecular flexibility index (Phi) is 6.18. The standard InChI is InChI=1S/C16H21N3O3S/c1-11(14(20)17-2)23-16-18-13-8-5-4-7-12(13)15(21)19(16)9-6-10-22-3/h4-5,7-8,11H,6,9-10H2,1-3H3,(H,17,20). The summed E-state index contributed by atoms with van der Waals surface area (Å²) in [5, 5.41) is 3.42. The van der Waals surface area contributed by atoms with Crippen molar-refractivity contribution in [3.05, 3.63) is 34.6 Å². The van der Waals surface area contributed by atoms with Crippen molar-refractivity contribution in [1.82, 2.24) is 14.9 Å². The van der Waals surface area contributed by atoms with Crippen LogP contribution in [0.1, 0.15) is 13.3 Å². The van der Waals surface area contributed by atoms with Crippen LogP contribution >= 0.6 is 11.8 Å². The summed E-state index contributed by atoms with van der Waals surface area (Å²) in [4.78, 5) is 29.1. The number of methoxy groups -OCH3 is 1. The molecular formula is C16H21N3O3S. The molecule has 1 N–H and O–H groups in total. The molecule has 1 amide bonds. The van der Waals surface area contributed by atoms with Crippen LogP contribution in [0.25, 0.3) is 10.9 Å². The molecule has 23 heavy (non-hydrogen) atoms. The number of para-hydroxylation sites is 1. The van der Waals surface area contributed by atoms with E-state index in [1.54, 1.807) is 31.7 Å². The van der Waals surface area contributed by atoms with Crippen molar-refractivity contribution < 1.29 is 9.53 Å². The number of nitrogens with zero attached hydrogens (tertiary/aromatic N) is 2. The highest BCUT2D eigenvalue weighted by Gasteiger charge is 2.18. The molecule has 0 aliphatic carbocycles. The van der Waals surface area contributed by atoms with Gasteiger partial charge in [-0.05, 0) is 25.5 Å². The molecule has 124 valence electrons. The van der Waals surface area contributed by atoms with Crippen molar-refractivity contribution >= 4 is 28.6 Å². The average Bonchev–Trinajstić information content (AvgIpc) is 2.56. The van der Waals surface area contributed by atoms with Crippen LogP contribution in [0, 0.1) is 0 Å². The molecule has 1 aromatic carbocycles. The summed E-state index contributed by atoms with van der Waals surface area (Å²) in [6.45, 7) is 2.87. The van der Waals surface area contributed by atoms with Crippen LogP contribution in [0.5, 0.6) is 0 Å². The number of benzene rings is 1. The van der Waals surface area contributed by atoms with Gasteiger partial charge in [-0.15, -0.1) is 0 Å². The maximum Gasteiger partial charge on any atom is 0.262 e. The zero-order valence-corrected chi connectivity index (χ0v) is 14.4. The lowest BCUT2D eigenvalue weighted by Crippen LogP contribution is -2.29.